The van der Waals surface area contributed by atoms with Crippen molar-refractivity contribution in [3.8, 4) is 0 Å². The Bertz CT molecular complexity index is 118. The van der Waals surface area contributed by atoms with Crippen molar-refractivity contribution in [3.05, 3.63) is 0 Å². The van der Waals surface area contributed by atoms with Gasteiger partial charge in [-0.15, -0.1) is 0 Å². The van der Waals surface area contributed by atoms with Crippen LogP contribution in [0.5, 0.6) is 0 Å². The van der Waals surface area contributed by atoms with Gasteiger partial charge < -0.3 is 9.53 Å². The van der Waals surface area contributed by atoms with E-state index >= 15 is 0 Å². The molecule has 0 bridgehead atoms. The SMILES string of the molecule is COC1(C=O)CN(C)C1. The summed E-state index contributed by atoms with van der Waals surface area (Å²) >= 11 is 0. The third kappa shape index (κ3) is 0.976. The van der Waals surface area contributed by atoms with E-state index in [1.54, 1.807) is 7.11 Å². The van der Waals surface area contributed by atoms with E-state index in [4.69, 9.17) is 4.74 Å². The lowest BCUT2D eigenvalue weighted by Gasteiger charge is -2.43. The number of likely N-dealkylation sites (tertiary alicyclic amines) is 1. The minimum absolute atomic E-state index is 0.477. The highest BCUT2D eigenvalue weighted by Crippen LogP contribution is 2.19. The highest BCUT2D eigenvalue weighted by atomic mass is 16.5. The summed E-state index contributed by atoms with van der Waals surface area (Å²) in [6, 6.07) is 0. The molecule has 1 aliphatic rings. The van der Waals surface area contributed by atoms with E-state index in [1.807, 2.05) is 11.9 Å². The topological polar surface area (TPSA) is 29.5 Å². The highest BCUT2D eigenvalue weighted by Gasteiger charge is 2.40. The molecule has 1 saturated heterocycles. The summed E-state index contributed by atoms with van der Waals surface area (Å²) in [7, 11) is 3.53. The van der Waals surface area contributed by atoms with Crippen molar-refractivity contribution in [2.45, 2.75) is 5.60 Å². The van der Waals surface area contributed by atoms with Crippen LogP contribution in [0.3, 0.4) is 0 Å². The van der Waals surface area contributed by atoms with E-state index in [0.717, 1.165) is 19.4 Å². The Morgan fingerprint density at radius 2 is 2.22 bits per heavy atom. The molecule has 0 unspecified atom stereocenters. The molecule has 0 amide bonds. The van der Waals surface area contributed by atoms with Crippen molar-refractivity contribution in [3.63, 3.8) is 0 Å². The van der Waals surface area contributed by atoms with E-state index in [2.05, 4.69) is 0 Å². The molecule has 1 fully saturated rings. The molecule has 52 valence electrons. The molecule has 9 heavy (non-hydrogen) atoms. The Hall–Kier alpha value is -0.410. The lowest BCUT2D eigenvalue weighted by Crippen LogP contribution is -2.62. The smallest absolute Gasteiger partial charge is 0.154 e. The van der Waals surface area contributed by atoms with Crippen LogP contribution >= 0.6 is 0 Å². The van der Waals surface area contributed by atoms with Gasteiger partial charge in [0.15, 0.2) is 6.29 Å². The molecule has 0 aromatic heterocycles. The summed E-state index contributed by atoms with van der Waals surface area (Å²) < 4.78 is 4.98. The van der Waals surface area contributed by atoms with Gasteiger partial charge in [-0.3, -0.25) is 4.90 Å². The van der Waals surface area contributed by atoms with Gasteiger partial charge in [0.2, 0.25) is 0 Å². The van der Waals surface area contributed by atoms with Gasteiger partial charge in [0, 0.05) is 20.2 Å². The predicted molar refractivity (Wildman–Crippen MR) is 33.3 cm³/mol. The number of carbonyl (C=O) groups excluding carboxylic acids is 1. The summed E-state index contributed by atoms with van der Waals surface area (Å²) in [5, 5.41) is 0. The molecule has 0 N–H and O–H groups in total. The number of nitrogens with zero attached hydrogens (tertiary/aromatic N) is 1. The Morgan fingerprint density at radius 1 is 1.67 bits per heavy atom. The summed E-state index contributed by atoms with van der Waals surface area (Å²) in [6.07, 6.45) is 0.882. The van der Waals surface area contributed by atoms with Crippen LogP contribution < -0.4 is 0 Å². The van der Waals surface area contributed by atoms with Crippen LogP contribution in [0.25, 0.3) is 0 Å². The van der Waals surface area contributed by atoms with E-state index in [9.17, 15) is 4.79 Å². The average Bonchev–Trinajstić information content (AvgIpc) is 1.81. The second-order valence-electron chi connectivity index (χ2n) is 2.56. The molecule has 0 aromatic carbocycles. The van der Waals surface area contributed by atoms with Crippen LogP contribution in [-0.4, -0.2) is 44.0 Å². The van der Waals surface area contributed by atoms with Crippen molar-refractivity contribution >= 4 is 6.29 Å². The molecule has 1 heterocycles. The molecule has 0 radical (unpaired) electrons. The summed E-state index contributed by atoms with van der Waals surface area (Å²) in [6.45, 7) is 1.46. The third-order valence-corrected chi connectivity index (χ3v) is 1.70. The van der Waals surface area contributed by atoms with Gasteiger partial charge in [-0.25, -0.2) is 0 Å². The van der Waals surface area contributed by atoms with Crippen LogP contribution in [0.2, 0.25) is 0 Å². The zero-order valence-electron chi connectivity index (χ0n) is 5.76. The van der Waals surface area contributed by atoms with Gasteiger partial charge in [0.25, 0.3) is 0 Å². The van der Waals surface area contributed by atoms with Gasteiger partial charge in [0.1, 0.15) is 5.60 Å². The number of ether oxygens (including phenoxy) is 1. The maximum absolute atomic E-state index is 10.3. The Kier molecular flexibility index (Phi) is 1.55. The molecule has 0 aromatic rings. The number of aldehydes is 1. The summed E-state index contributed by atoms with van der Waals surface area (Å²) in [5.41, 5.74) is -0.477. The molecule has 3 nitrogen and oxygen atoms in total. The van der Waals surface area contributed by atoms with Crippen LogP contribution in [0.15, 0.2) is 0 Å². The van der Waals surface area contributed by atoms with Crippen molar-refractivity contribution in [1.82, 2.24) is 4.90 Å². The number of rotatable bonds is 2. The summed E-state index contributed by atoms with van der Waals surface area (Å²) in [4.78, 5) is 12.4. The maximum Gasteiger partial charge on any atom is 0.154 e. The normalized spacial score (nSPS) is 25.1. The number of carbonyl (C=O) groups is 1. The second kappa shape index (κ2) is 2.08. The Morgan fingerprint density at radius 3 is 2.33 bits per heavy atom. The zero-order valence-corrected chi connectivity index (χ0v) is 5.76. The molecular formula is C6H11NO2. The van der Waals surface area contributed by atoms with E-state index < -0.39 is 5.60 Å². The lowest BCUT2D eigenvalue weighted by atomic mass is 9.97. The van der Waals surface area contributed by atoms with Crippen LogP contribution in [-0.2, 0) is 9.53 Å². The van der Waals surface area contributed by atoms with Crippen molar-refractivity contribution in [2.24, 2.45) is 0 Å². The van der Waals surface area contributed by atoms with Crippen LogP contribution in [0.4, 0.5) is 0 Å². The zero-order chi connectivity index (χ0) is 6.91. The predicted octanol–water partition coefficient (Wildman–Crippen LogP) is -0.484. The highest BCUT2D eigenvalue weighted by molar-refractivity contribution is 5.65. The first-order valence-electron chi connectivity index (χ1n) is 2.92. The third-order valence-electron chi connectivity index (χ3n) is 1.70. The fraction of sp³-hybridized carbons (Fsp3) is 0.833. The molecule has 3 heteroatoms. The van der Waals surface area contributed by atoms with E-state index in [0.29, 0.717) is 0 Å². The molecule has 0 atom stereocenters. The molecule has 0 aliphatic carbocycles. The second-order valence-corrected chi connectivity index (χ2v) is 2.56. The van der Waals surface area contributed by atoms with Crippen molar-refractivity contribution in [1.29, 1.82) is 0 Å². The van der Waals surface area contributed by atoms with Crippen LogP contribution in [0.1, 0.15) is 0 Å². The van der Waals surface area contributed by atoms with Gasteiger partial charge in [-0.1, -0.05) is 0 Å². The lowest BCUT2D eigenvalue weighted by molar-refractivity contribution is -0.148. The summed E-state index contributed by atoms with van der Waals surface area (Å²) in [5.74, 6) is 0. The Labute approximate surface area is 54.6 Å². The molecule has 1 rings (SSSR count). The standard InChI is InChI=1S/C6H11NO2/c1-7-3-6(4-7,5-8)9-2/h5H,3-4H2,1-2H3. The van der Waals surface area contributed by atoms with Crippen molar-refractivity contribution < 1.29 is 9.53 Å². The van der Waals surface area contributed by atoms with Crippen LogP contribution in [0, 0.1) is 0 Å². The minimum Gasteiger partial charge on any atom is -0.368 e. The first-order valence-corrected chi connectivity index (χ1v) is 2.92. The molecular weight excluding hydrogens is 118 g/mol. The minimum atomic E-state index is -0.477. The average molecular weight is 129 g/mol. The fourth-order valence-corrected chi connectivity index (χ4v) is 1.12. The molecule has 0 spiro atoms. The number of methoxy groups -OCH3 is 1. The fourth-order valence-electron chi connectivity index (χ4n) is 1.12. The van der Waals surface area contributed by atoms with Crippen molar-refractivity contribution in [2.75, 3.05) is 27.2 Å². The number of hydrogen-bond donors (Lipinski definition) is 0. The number of likely N-dealkylation sites (N-methyl/N-ethyl adjacent to an activating group) is 1. The maximum atomic E-state index is 10.3. The largest absolute Gasteiger partial charge is 0.368 e. The quantitative estimate of drug-likeness (QED) is 0.471. The number of hydrogen-bond acceptors (Lipinski definition) is 3. The van der Waals surface area contributed by atoms with Gasteiger partial charge in [-0.2, -0.15) is 0 Å². The Balaban J connectivity index is 2.45. The molecule has 0 saturated carbocycles. The van der Waals surface area contributed by atoms with E-state index in [-0.39, 0.29) is 0 Å². The van der Waals surface area contributed by atoms with Gasteiger partial charge in [0.05, 0.1) is 0 Å². The van der Waals surface area contributed by atoms with E-state index in [1.165, 1.54) is 0 Å². The van der Waals surface area contributed by atoms with Gasteiger partial charge in [-0.05, 0) is 7.05 Å². The molecule has 1 aliphatic heterocycles. The first-order chi connectivity index (χ1) is 4.22. The monoisotopic (exact) mass is 129 g/mol. The first kappa shape index (κ1) is 6.71. The van der Waals surface area contributed by atoms with Gasteiger partial charge >= 0.3 is 0 Å².